The fraction of sp³-hybridized carbons (Fsp3) is 0.200. The number of aryl methyl sites for hydroxylation is 1. The molecule has 19 heavy (non-hydrogen) atoms. The summed E-state index contributed by atoms with van der Waals surface area (Å²) in [5, 5.41) is 11.6. The van der Waals surface area contributed by atoms with E-state index in [0.29, 0.717) is 16.5 Å². The van der Waals surface area contributed by atoms with Crippen LogP contribution in [-0.4, -0.2) is 5.11 Å². The lowest BCUT2D eigenvalue weighted by Gasteiger charge is -2.15. The first-order valence-corrected chi connectivity index (χ1v) is 7.40. The van der Waals surface area contributed by atoms with Crippen molar-refractivity contribution in [2.45, 2.75) is 19.4 Å². The Morgan fingerprint density at radius 3 is 2.58 bits per heavy atom. The van der Waals surface area contributed by atoms with Crippen LogP contribution in [0.15, 0.2) is 40.9 Å². The number of rotatable bonds is 3. The summed E-state index contributed by atoms with van der Waals surface area (Å²) in [6.45, 7) is 1.96. The second-order valence-electron chi connectivity index (χ2n) is 4.46. The van der Waals surface area contributed by atoms with Gasteiger partial charge in [0.05, 0.1) is 6.10 Å². The summed E-state index contributed by atoms with van der Waals surface area (Å²) >= 11 is 15.5. The maximum absolute atomic E-state index is 10.3. The van der Waals surface area contributed by atoms with Crippen molar-refractivity contribution in [1.29, 1.82) is 0 Å². The molecule has 4 heteroatoms. The molecule has 100 valence electrons. The Kier molecular flexibility index (Phi) is 4.91. The van der Waals surface area contributed by atoms with Crippen LogP contribution in [0, 0.1) is 6.92 Å². The van der Waals surface area contributed by atoms with E-state index in [-0.39, 0.29) is 0 Å². The molecule has 1 atom stereocenters. The highest BCUT2D eigenvalue weighted by atomic mass is 79.9. The average Bonchev–Trinajstić information content (AvgIpc) is 2.35. The molecule has 0 fully saturated rings. The third-order valence-corrected chi connectivity index (χ3v) is 4.11. The fourth-order valence-corrected chi connectivity index (χ4v) is 2.91. The average molecular weight is 360 g/mol. The maximum Gasteiger partial charge on any atom is 0.0833 e. The Hall–Kier alpha value is -0.540. The Morgan fingerprint density at radius 2 is 1.89 bits per heavy atom. The molecule has 0 spiro atoms. The molecule has 0 amide bonds. The van der Waals surface area contributed by atoms with Gasteiger partial charge in [0, 0.05) is 20.9 Å². The minimum absolute atomic E-state index is 0.466. The van der Waals surface area contributed by atoms with Crippen LogP contribution in [0.5, 0.6) is 0 Å². The van der Waals surface area contributed by atoms with Gasteiger partial charge in [0.1, 0.15) is 0 Å². The first-order chi connectivity index (χ1) is 8.97. The number of aliphatic hydroxyl groups excluding tert-OH is 1. The van der Waals surface area contributed by atoms with E-state index in [4.69, 9.17) is 23.2 Å². The van der Waals surface area contributed by atoms with Crippen molar-refractivity contribution in [3.8, 4) is 0 Å². The van der Waals surface area contributed by atoms with Crippen molar-refractivity contribution in [1.82, 2.24) is 0 Å². The molecule has 2 aromatic carbocycles. The van der Waals surface area contributed by atoms with Crippen molar-refractivity contribution in [3.05, 3.63) is 67.6 Å². The third kappa shape index (κ3) is 3.73. The molecule has 0 saturated heterocycles. The molecule has 0 saturated carbocycles. The molecule has 0 aliphatic heterocycles. The normalized spacial score (nSPS) is 12.5. The maximum atomic E-state index is 10.3. The number of benzene rings is 2. The smallest absolute Gasteiger partial charge is 0.0833 e. The standard InChI is InChI=1S/C15H13BrCl2O/c1-9-2-5-12(17)8-13(9)15(19)6-10-3-4-11(16)7-14(10)18/h2-5,7-8,15,19H,6H2,1H3. The summed E-state index contributed by atoms with van der Waals surface area (Å²) in [6, 6.07) is 11.2. The molecule has 2 rings (SSSR count). The van der Waals surface area contributed by atoms with Crippen LogP contribution in [-0.2, 0) is 6.42 Å². The van der Waals surface area contributed by atoms with Crippen LogP contribution < -0.4 is 0 Å². The zero-order valence-electron chi connectivity index (χ0n) is 10.3. The summed E-state index contributed by atoms with van der Waals surface area (Å²) in [4.78, 5) is 0. The van der Waals surface area contributed by atoms with Crippen molar-refractivity contribution in [2.24, 2.45) is 0 Å². The molecule has 0 radical (unpaired) electrons. The number of hydrogen-bond donors (Lipinski definition) is 1. The fourth-order valence-electron chi connectivity index (χ4n) is 1.98. The predicted octanol–water partition coefficient (Wildman–Crippen LogP) is 5.34. The molecular formula is C15H13BrCl2O. The molecule has 1 N–H and O–H groups in total. The van der Waals surface area contributed by atoms with Crippen molar-refractivity contribution >= 4 is 39.1 Å². The largest absolute Gasteiger partial charge is 0.388 e. The highest BCUT2D eigenvalue weighted by Gasteiger charge is 2.13. The zero-order valence-corrected chi connectivity index (χ0v) is 13.4. The van der Waals surface area contributed by atoms with Gasteiger partial charge in [-0.15, -0.1) is 0 Å². The molecule has 2 aromatic rings. The molecular weight excluding hydrogens is 347 g/mol. The molecule has 0 bridgehead atoms. The summed E-state index contributed by atoms with van der Waals surface area (Å²) in [5.74, 6) is 0. The Balaban J connectivity index is 2.25. The third-order valence-electron chi connectivity index (χ3n) is 3.03. The lowest BCUT2D eigenvalue weighted by atomic mass is 9.98. The van der Waals surface area contributed by atoms with Gasteiger partial charge in [-0.1, -0.05) is 51.3 Å². The van der Waals surface area contributed by atoms with E-state index >= 15 is 0 Å². The van der Waals surface area contributed by atoms with Crippen molar-refractivity contribution in [2.75, 3.05) is 0 Å². The van der Waals surface area contributed by atoms with Crippen LogP contribution in [0.4, 0.5) is 0 Å². The Labute approximate surface area is 131 Å². The van der Waals surface area contributed by atoms with Gasteiger partial charge in [-0.25, -0.2) is 0 Å². The van der Waals surface area contributed by atoms with Gasteiger partial charge in [0.25, 0.3) is 0 Å². The van der Waals surface area contributed by atoms with Crippen LogP contribution >= 0.6 is 39.1 Å². The van der Waals surface area contributed by atoms with Gasteiger partial charge in [-0.3, -0.25) is 0 Å². The SMILES string of the molecule is Cc1ccc(Cl)cc1C(O)Cc1ccc(Br)cc1Cl. The first-order valence-electron chi connectivity index (χ1n) is 5.85. The van der Waals surface area contributed by atoms with E-state index in [1.807, 2.05) is 37.3 Å². The summed E-state index contributed by atoms with van der Waals surface area (Å²) in [5.41, 5.74) is 2.77. The highest BCUT2D eigenvalue weighted by Crippen LogP contribution is 2.28. The minimum atomic E-state index is -0.614. The van der Waals surface area contributed by atoms with E-state index in [9.17, 15) is 5.11 Å². The lowest BCUT2D eigenvalue weighted by Crippen LogP contribution is -2.04. The Bertz CT molecular complexity index is 599. The van der Waals surface area contributed by atoms with Gasteiger partial charge in [0.15, 0.2) is 0 Å². The molecule has 1 unspecified atom stereocenters. The zero-order chi connectivity index (χ0) is 14.0. The first kappa shape index (κ1) is 14.9. The van der Waals surface area contributed by atoms with E-state index < -0.39 is 6.10 Å². The van der Waals surface area contributed by atoms with Gasteiger partial charge >= 0.3 is 0 Å². The summed E-state index contributed by atoms with van der Waals surface area (Å²) < 4.78 is 0.926. The second-order valence-corrected chi connectivity index (χ2v) is 6.22. The van der Waals surface area contributed by atoms with E-state index in [0.717, 1.165) is 21.2 Å². The monoisotopic (exact) mass is 358 g/mol. The van der Waals surface area contributed by atoms with Gasteiger partial charge in [-0.2, -0.15) is 0 Å². The van der Waals surface area contributed by atoms with Crippen molar-refractivity contribution < 1.29 is 5.11 Å². The highest BCUT2D eigenvalue weighted by molar-refractivity contribution is 9.10. The van der Waals surface area contributed by atoms with Crippen LogP contribution in [0.25, 0.3) is 0 Å². The molecule has 0 aliphatic rings. The van der Waals surface area contributed by atoms with E-state index in [1.165, 1.54) is 0 Å². The van der Waals surface area contributed by atoms with E-state index in [1.54, 1.807) is 6.07 Å². The summed E-state index contributed by atoms with van der Waals surface area (Å²) in [6.07, 6.45) is -0.148. The lowest BCUT2D eigenvalue weighted by molar-refractivity contribution is 0.178. The molecule has 0 aromatic heterocycles. The number of aliphatic hydroxyl groups is 1. The molecule has 0 heterocycles. The molecule has 1 nitrogen and oxygen atoms in total. The number of halogens is 3. The van der Waals surface area contributed by atoms with Gasteiger partial charge < -0.3 is 5.11 Å². The van der Waals surface area contributed by atoms with Crippen molar-refractivity contribution in [3.63, 3.8) is 0 Å². The summed E-state index contributed by atoms with van der Waals surface area (Å²) in [7, 11) is 0. The van der Waals surface area contributed by atoms with Crippen LogP contribution in [0.2, 0.25) is 10.0 Å². The quantitative estimate of drug-likeness (QED) is 0.784. The van der Waals surface area contributed by atoms with Gasteiger partial charge in [0.2, 0.25) is 0 Å². The van der Waals surface area contributed by atoms with E-state index in [2.05, 4.69) is 15.9 Å². The number of hydrogen-bond acceptors (Lipinski definition) is 1. The van der Waals surface area contributed by atoms with Gasteiger partial charge in [-0.05, 0) is 47.9 Å². The predicted molar refractivity (Wildman–Crippen MR) is 84.0 cm³/mol. The second kappa shape index (κ2) is 6.27. The van der Waals surface area contributed by atoms with Crippen LogP contribution in [0.1, 0.15) is 22.8 Å². The minimum Gasteiger partial charge on any atom is -0.388 e. The topological polar surface area (TPSA) is 20.2 Å². The molecule has 0 aliphatic carbocycles. The Morgan fingerprint density at radius 1 is 1.16 bits per heavy atom. The van der Waals surface area contributed by atoms with Crippen LogP contribution in [0.3, 0.4) is 0 Å².